The third-order valence-electron chi connectivity index (χ3n) is 3.81. The molecule has 0 aliphatic carbocycles. The van der Waals surface area contributed by atoms with Crippen LogP contribution < -0.4 is 10.3 Å². The number of ether oxygens (including phenoxy) is 1. The molecule has 0 aliphatic heterocycles. The Morgan fingerprint density at radius 2 is 1.96 bits per heavy atom. The molecular weight excluding hydrogens is 332 g/mol. The van der Waals surface area contributed by atoms with Gasteiger partial charge in [0, 0.05) is 5.56 Å². The maximum atomic E-state index is 12.6. The molecule has 2 aromatic carbocycles. The van der Waals surface area contributed by atoms with Crippen LogP contribution in [0.1, 0.15) is 13.8 Å². The summed E-state index contributed by atoms with van der Waals surface area (Å²) in [6.45, 7) is 3.90. The van der Waals surface area contributed by atoms with E-state index >= 15 is 0 Å². The van der Waals surface area contributed by atoms with E-state index in [1.807, 2.05) is 38.1 Å². The molecule has 26 heavy (non-hydrogen) atoms. The van der Waals surface area contributed by atoms with E-state index in [9.17, 15) is 4.79 Å². The van der Waals surface area contributed by atoms with Crippen LogP contribution in [0.15, 0.2) is 47.3 Å². The van der Waals surface area contributed by atoms with Crippen molar-refractivity contribution in [1.29, 1.82) is 0 Å². The predicted octanol–water partition coefficient (Wildman–Crippen LogP) is 2.56. The van der Waals surface area contributed by atoms with Crippen molar-refractivity contribution < 1.29 is 4.74 Å². The lowest BCUT2D eigenvalue weighted by Crippen LogP contribution is -2.11. The molecule has 8 nitrogen and oxygen atoms in total. The molecule has 0 saturated carbocycles. The first-order chi connectivity index (χ1) is 12.6. The summed E-state index contributed by atoms with van der Waals surface area (Å²) in [5.74, 6) is 1.56. The van der Waals surface area contributed by atoms with Gasteiger partial charge in [-0.3, -0.25) is 4.79 Å². The fourth-order valence-corrected chi connectivity index (χ4v) is 2.71. The minimum atomic E-state index is -0.241. The van der Waals surface area contributed by atoms with Crippen LogP contribution in [0.2, 0.25) is 0 Å². The summed E-state index contributed by atoms with van der Waals surface area (Å²) in [6.07, 6.45) is 0.0147. The molecule has 0 atom stereocenters. The largest absolute Gasteiger partial charge is 0.490 e. The fourth-order valence-electron chi connectivity index (χ4n) is 2.71. The molecule has 2 aromatic heterocycles. The van der Waals surface area contributed by atoms with Gasteiger partial charge in [-0.25, -0.2) is 4.98 Å². The Morgan fingerprint density at radius 1 is 1.12 bits per heavy atom. The topological polar surface area (TPSA) is 109 Å². The van der Waals surface area contributed by atoms with Gasteiger partial charge in [-0.1, -0.05) is 12.1 Å². The second-order valence-electron chi connectivity index (χ2n) is 6.04. The number of rotatable bonds is 4. The number of hydrogen-bond donors (Lipinski definition) is 2. The van der Waals surface area contributed by atoms with Crippen molar-refractivity contribution in [1.82, 2.24) is 30.6 Å². The standard InChI is InChI=1S/C18H16N6O2/c1-10(2)26-15-6-4-3-5-12(15)17-19-14-8-7-11(16-21-23-24-22-16)9-13(14)18(25)20-17/h3-10H,1-2H3,(H,19,20,25)(H,21,22,23,24). The van der Waals surface area contributed by atoms with Gasteiger partial charge in [0.2, 0.25) is 5.82 Å². The second-order valence-corrected chi connectivity index (χ2v) is 6.04. The van der Waals surface area contributed by atoms with E-state index in [0.717, 1.165) is 5.56 Å². The Morgan fingerprint density at radius 3 is 2.73 bits per heavy atom. The molecule has 0 radical (unpaired) electrons. The Hall–Kier alpha value is -3.55. The summed E-state index contributed by atoms with van der Waals surface area (Å²) in [5.41, 5.74) is 1.77. The molecule has 0 unspecified atom stereocenters. The third-order valence-corrected chi connectivity index (χ3v) is 3.81. The van der Waals surface area contributed by atoms with Crippen molar-refractivity contribution in [3.05, 3.63) is 52.8 Å². The van der Waals surface area contributed by atoms with E-state index in [1.165, 1.54) is 0 Å². The lowest BCUT2D eigenvalue weighted by molar-refractivity contribution is 0.243. The highest BCUT2D eigenvalue weighted by Crippen LogP contribution is 2.28. The van der Waals surface area contributed by atoms with Crippen molar-refractivity contribution in [2.45, 2.75) is 20.0 Å². The van der Waals surface area contributed by atoms with Crippen molar-refractivity contribution in [2.24, 2.45) is 0 Å². The van der Waals surface area contributed by atoms with Crippen LogP contribution >= 0.6 is 0 Å². The zero-order valence-electron chi connectivity index (χ0n) is 14.2. The van der Waals surface area contributed by atoms with Gasteiger partial charge in [0.15, 0.2) is 0 Å². The maximum absolute atomic E-state index is 12.6. The smallest absolute Gasteiger partial charge is 0.259 e. The van der Waals surface area contributed by atoms with Gasteiger partial charge < -0.3 is 9.72 Å². The molecule has 2 heterocycles. The molecule has 0 spiro atoms. The highest BCUT2D eigenvalue weighted by atomic mass is 16.5. The number of tetrazole rings is 1. The molecule has 8 heteroatoms. The molecule has 0 bridgehead atoms. The van der Waals surface area contributed by atoms with Crippen LogP contribution in [-0.4, -0.2) is 36.7 Å². The van der Waals surface area contributed by atoms with Gasteiger partial charge in [0.05, 0.1) is 22.6 Å². The zero-order valence-corrected chi connectivity index (χ0v) is 14.2. The highest BCUT2D eigenvalue weighted by Gasteiger charge is 2.13. The van der Waals surface area contributed by atoms with Crippen molar-refractivity contribution in [3.63, 3.8) is 0 Å². The van der Waals surface area contributed by atoms with Crippen molar-refractivity contribution in [3.8, 4) is 28.5 Å². The number of benzene rings is 2. The molecule has 0 saturated heterocycles. The molecule has 130 valence electrons. The Bertz CT molecular complexity index is 1120. The summed E-state index contributed by atoms with van der Waals surface area (Å²) in [4.78, 5) is 20.1. The number of nitrogens with zero attached hydrogens (tertiary/aromatic N) is 4. The number of H-pyrrole nitrogens is 2. The quantitative estimate of drug-likeness (QED) is 0.586. The average molecular weight is 348 g/mol. The van der Waals surface area contributed by atoms with Crippen LogP contribution in [0.3, 0.4) is 0 Å². The summed E-state index contributed by atoms with van der Waals surface area (Å²) < 4.78 is 5.83. The Kier molecular flexibility index (Phi) is 3.92. The normalized spacial score (nSPS) is 11.2. The summed E-state index contributed by atoms with van der Waals surface area (Å²) >= 11 is 0. The van der Waals surface area contributed by atoms with E-state index < -0.39 is 0 Å². The van der Waals surface area contributed by atoms with E-state index in [4.69, 9.17) is 4.74 Å². The summed E-state index contributed by atoms with van der Waals surface area (Å²) in [5, 5.41) is 14.3. The van der Waals surface area contributed by atoms with Gasteiger partial charge in [0.1, 0.15) is 11.6 Å². The van der Waals surface area contributed by atoms with Gasteiger partial charge in [-0.05, 0) is 49.4 Å². The first kappa shape index (κ1) is 15.9. The van der Waals surface area contributed by atoms with Crippen LogP contribution in [0.25, 0.3) is 33.7 Å². The maximum Gasteiger partial charge on any atom is 0.259 e. The molecule has 4 aromatic rings. The van der Waals surface area contributed by atoms with Gasteiger partial charge in [-0.15, -0.1) is 10.2 Å². The number of aromatic nitrogens is 6. The third kappa shape index (κ3) is 2.92. The number of hydrogen-bond acceptors (Lipinski definition) is 6. The Labute approximate surface area is 148 Å². The lowest BCUT2D eigenvalue weighted by Gasteiger charge is -2.13. The van der Waals surface area contributed by atoms with Gasteiger partial charge in [-0.2, -0.15) is 5.21 Å². The fraction of sp³-hybridized carbons (Fsp3) is 0.167. The lowest BCUT2D eigenvalue weighted by atomic mass is 10.1. The Balaban J connectivity index is 1.84. The van der Waals surface area contributed by atoms with Gasteiger partial charge >= 0.3 is 0 Å². The van der Waals surface area contributed by atoms with Crippen LogP contribution in [-0.2, 0) is 0 Å². The first-order valence-electron chi connectivity index (χ1n) is 8.16. The summed E-state index contributed by atoms with van der Waals surface area (Å²) in [7, 11) is 0. The first-order valence-corrected chi connectivity index (χ1v) is 8.16. The predicted molar refractivity (Wildman–Crippen MR) is 96.7 cm³/mol. The number of nitrogens with one attached hydrogen (secondary N) is 2. The minimum Gasteiger partial charge on any atom is -0.490 e. The second kappa shape index (κ2) is 6.40. The molecule has 2 N–H and O–H groups in total. The van der Waals surface area contributed by atoms with Gasteiger partial charge in [0.25, 0.3) is 5.56 Å². The van der Waals surface area contributed by atoms with E-state index in [1.54, 1.807) is 18.2 Å². The van der Waals surface area contributed by atoms with Crippen molar-refractivity contribution >= 4 is 10.9 Å². The number of para-hydroxylation sites is 1. The number of fused-ring (bicyclic) bond motifs is 1. The van der Waals surface area contributed by atoms with Crippen molar-refractivity contribution in [2.75, 3.05) is 0 Å². The van der Waals surface area contributed by atoms with E-state index in [-0.39, 0.29) is 11.7 Å². The highest BCUT2D eigenvalue weighted by molar-refractivity contribution is 5.84. The molecule has 0 fully saturated rings. The SMILES string of the molecule is CC(C)Oc1ccccc1-c1nc2ccc(-c3nn[nH]n3)cc2c(=O)[nH]1. The van der Waals surface area contributed by atoms with Crippen LogP contribution in [0.5, 0.6) is 5.75 Å². The molecule has 0 amide bonds. The number of aromatic amines is 2. The zero-order chi connectivity index (χ0) is 18.1. The van der Waals surface area contributed by atoms with Crippen LogP contribution in [0, 0.1) is 0 Å². The average Bonchev–Trinajstić information content (AvgIpc) is 3.16. The summed E-state index contributed by atoms with van der Waals surface area (Å²) in [6, 6.07) is 12.8. The van der Waals surface area contributed by atoms with Crippen LogP contribution in [0.4, 0.5) is 0 Å². The molecule has 4 rings (SSSR count). The molecular formula is C18H16N6O2. The molecule has 0 aliphatic rings. The monoisotopic (exact) mass is 348 g/mol. The minimum absolute atomic E-state index is 0.0147. The van der Waals surface area contributed by atoms with E-state index in [0.29, 0.717) is 33.9 Å². The van der Waals surface area contributed by atoms with E-state index in [2.05, 4.69) is 30.6 Å².